The molecule has 2 aromatic carbocycles. The predicted molar refractivity (Wildman–Crippen MR) is 88.8 cm³/mol. The van der Waals surface area contributed by atoms with Gasteiger partial charge < -0.3 is 0 Å². The molecule has 1 saturated carbocycles. The Balaban J connectivity index is 1.75. The molecule has 0 amide bonds. The zero-order valence-corrected chi connectivity index (χ0v) is 12.6. The van der Waals surface area contributed by atoms with E-state index < -0.39 is 0 Å². The molecule has 0 spiro atoms. The summed E-state index contributed by atoms with van der Waals surface area (Å²) in [6.45, 7) is 0. The number of Topliss-reactive ketones (excluding diaryl/α,β-unsaturated/α-hetero) is 1. The van der Waals surface area contributed by atoms with Crippen molar-refractivity contribution < 1.29 is 4.79 Å². The Morgan fingerprint density at radius 2 is 1.36 bits per heavy atom. The molecule has 0 aliphatic heterocycles. The van der Waals surface area contributed by atoms with Gasteiger partial charge in [0.15, 0.2) is 5.78 Å². The molecule has 1 fully saturated rings. The number of allylic oxidation sites excluding steroid dienone is 2. The number of carbonyl (C=O) groups excluding carboxylic acids is 1. The van der Waals surface area contributed by atoms with Crippen LogP contribution in [0.1, 0.15) is 34.7 Å². The molecule has 3 aliphatic rings. The number of fused-ring (bicyclic) bond motifs is 2. The minimum atomic E-state index is 0.0912. The molecule has 1 heteroatoms. The quantitative estimate of drug-likeness (QED) is 0.582. The Morgan fingerprint density at radius 3 is 2.00 bits per heavy atom. The Bertz CT molecular complexity index is 686. The van der Waals surface area contributed by atoms with E-state index in [1.54, 1.807) is 0 Å². The van der Waals surface area contributed by atoms with Crippen LogP contribution in [0.3, 0.4) is 0 Å². The smallest absolute Gasteiger partial charge is 0.167 e. The van der Waals surface area contributed by atoms with Gasteiger partial charge in [-0.2, -0.15) is 0 Å². The first-order chi connectivity index (χ1) is 10.8. The van der Waals surface area contributed by atoms with Gasteiger partial charge in [0.1, 0.15) is 0 Å². The van der Waals surface area contributed by atoms with E-state index >= 15 is 0 Å². The molecule has 4 atom stereocenters. The zero-order valence-electron chi connectivity index (χ0n) is 12.6. The lowest BCUT2D eigenvalue weighted by atomic mass is 9.58. The second-order valence-corrected chi connectivity index (χ2v) is 6.48. The van der Waals surface area contributed by atoms with Crippen molar-refractivity contribution >= 4 is 5.78 Å². The molecule has 2 bridgehead atoms. The van der Waals surface area contributed by atoms with Gasteiger partial charge in [0, 0.05) is 17.4 Å². The van der Waals surface area contributed by atoms with Crippen molar-refractivity contribution in [1.82, 2.24) is 0 Å². The maximum Gasteiger partial charge on any atom is 0.167 e. The topological polar surface area (TPSA) is 17.1 Å². The van der Waals surface area contributed by atoms with Crippen LogP contribution in [-0.4, -0.2) is 5.78 Å². The summed E-state index contributed by atoms with van der Waals surface area (Å²) >= 11 is 0. The summed E-state index contributed by atoms with van der Waals surface area (Å²) in [5, 5.41) is 0. The van der Waals surface area contributed by atoms with Crippen LogP contribution in [0.25, 0.3) is 0 Å². The van der Waals surface area contributed by atoms with Crippen molar-refractivity contribution in [3.8, 4) is 0 Å². The highest BCUT2D eigenvalue weighted by molar-refractivity contribution is 5.99. The second kappa shape index (κ2) is 5.57. The number of ketones is 1. The fourth-order valence-corrected chi connectivity index (χ4v) is 4.28. The highest BCUT2D eigenvalue weighted by atomic mass is 16.1. The first-order valence-electron chi connectivity index (χ1n) is 8.17. The summed E-state index contributed by atoms with van der Waals surface area (Å²) in [5.41, 5.74) is 2.17. The van der Waals surface area contributed by atoms with Crippen LogP contribution in [0.15, 0.2) is 72.8 Å². The van der Waals surface area contributed by atoms with Crippen molar-refractivity contribution in [2.45, 2.75) is 18.8 Å². The lowest BCUT2D eigenvalue weighted by Gasteiger charge is -2.44. The van der Waals surface area contributed by atoms with Gasteiger partial charge in [-0.05, 0) is 30.2 Å². The largest absolute Gasteiger partial charge is 0.294 e. The molecule has 2 aromatic rings. The first-order valence-corrected chi connectivity index (χ1v) is 8.17. The number of hydrogen-bond acceptors (Lipinski definition) is 1. The van der Waals surface area contributed by atoms with E-state index in [1.807, 2.05) is 30.3 Å². The maximum atomic E-state index is 13.1. The predicted octanol–water partition coefficient (Wildman–Crippen LogP) is 4.87. The fourth-order valence-electron chi connectivity index (χ4n) is 4.28. The Morgan fingerprint density at radius 1 is 0.773 bits per heavy atom. The van der Waals surface area contributed by atoms with Gasteiger partial charge in [-0.3, -0.25) is 4.79 Å². The van der Waals surface area contributed by atoms with Crippen LogP contribution in [0.2, 0.25) is 0 Å². The molecule has 3 aliphatic carbocycles. The zero-order chi connectivity index (χ0) is 14.9. The van der Waals surface area contributed by atoms with E-state index in [2.05, 4.69) is 42.5 Å². The minimum Gasteiger partial charge on any atom is -0.294 e. The van der Waals surface area contributed by atoms with Crippen LogP contribution in [-0.2, 0) is 0 Å². The molecule has 0 N–H and O–H groups in total. The van der Waals surface area contributed by atoms with Crippen molar-refractivity contribution in [3.63, 3.8) is 0 Å². The van der Waals surface area contributed by atoms with Crippen molar-refractivity contribution in [1.29, 1.82) is 0 Å². The van der Waals surface area contributed by atoms with E-state index in [0.29, 0.717) is 23.5 Å². The third kappa shape index (κ3) is 2.21. The summed E-state index contributed by atoms with van der Waals surface area (Å²) in [6, 6.07) is 20.4. The molecule has 0 heterocycles. The van der Waals surface area contributed by atoms with Gasteiger partial charge in [0.2, 0.25) is 0 Å². The van der Waals surface area contributed by atoms with Crippen molar-refractivity contribution in [2.75, 3.05) is 0 Å². The van der Waals surface area contributed by atoms with E-state index in [1.165, 1.54) is 12.0 Å². The molecule has 0 unspecified atom stereocenters. The molecule has 5 rings (SSSR count). The molecule has 110 valence electrons. The number of carbonyl (C=O) groups is 1. The second-order valence-electron chi connectivity index (χ2n) is 6.48. The van der Waals surface area contributed by atoms with E-state index in [0.717, 1.165) is 12.0 Å². The van der Waals surface area contributed by atoms with Gasteiger partial charge in [0.25, 0.3) is 0 Å². The Labute approximate surface area is 131 Å². The van der Waals surface area contributed by atoms with Crippen molar-refractivity contribution in [2.24, 2.45) is 17.8 Å². The third-order valence-electron chi connectivity index (χ3n) is 5.29. The van der Waals surface area contributed by atoms with Gasteiger partial charge in [-0.15, -0.1) is 0 Å². The van der Waals surface area contributed by atoms with Gasteiger partial charge in [-0.1, -0.05) is 72.8 Å². The van der Waals surface area contributed by atoms with E-state index in [4.69, 9.17) is 0 Å². The maximum absolute atomic E-state index is 13.1. The lowest BCUT2D eigenvalue weighted by molar-refractivity contribution is 0.0770. The van der Waals surface area contributed by atoms with Crippen LogP contribution in [0, 0.1) is 17.8 Å². The van der Waals surface area contributed by atoms with Crippen molar-refractivity contribution in [3.05, 3.63) is 83.9 Å². The normalized spacial score (nSPS) is 29.5. The Hall–Kier alpha value is -2.15. The summed E-state index contributed by atoms with van der Waals surface area (Å²) in [5.74, 6) is 1.63. The molecule has 22 heavy (non-hydrogen) atoms. The fraction of sp³-hybridized carbons (Fsp3) is 0.286. The van der Waals surface area contributed by atoms with Crippen LogP contribution >= 0.6 is 0 Å². The summed E-state index contributed by atoms with van der Waals surface area (Å²) in [6.07, 6.45) is 6.99. The average Bonchev–Trinajstić information content (AvgIpc) is 2.63. The monoisotopic (exact) mass is 288 g/mol. The van der Waals surface area contributed by atoms with E-state index in [-0.39, 0.29) is 5.92 Å². The number of rotatable bonds is 3. The van der Waals surface area contributed by atoms with Gasteiger partial charge in [0.05, 0.1) is 0 Å². The molecular formula is C21H20O. The molecule has 0 aromatic heterocycles. The van der Waals surface area contributed by atoms with Gasteiger partial charge in [-0.25, -0.2) is 0 Å². The Kier molecular flexibility index (Phi) is 3.42. The number of benzene rings is 2. The molecular weight excluding hydrogens is 268 g/mol. The SMILES string of the molecule is O=C(c1ccccc1)[C@H]1[C@H](c2ccccc2)[C@H]2C=C[C@@H]1CC2. The standard InChI is InChI=1S/C21H20O/c22-21(18-9-5-2-6-10-18)20-17-13-11-16(12-14-17)19(20)15-7-3-1-4-8-15/h1-11,13,16-17,19-20H,12,14H2/t16-,17+,19+,20+/m0/s1. The van der Waals surface area contributed by atoms with Crippen LogP contribution < -0.4 is 0 Å². The van der Waals surface area contributed by atoms with Crippen LogP contribution in [0.4, 0.5) is 0 Å². The summed E-state index contributed by atoms with van der Waals surface area (Å²) in [4.78, 5) is 13.1. The lowest BCUT2D eigenvalue weighted by Crippen LogP contribution is -2.39. The van der Waals surface area contributed by atoms with Crippen LogP contribution in [0.5, 0.6) is 0 Å². The minimum absolute atomic E-state index is 0.0912. The molecule has 0 saturated heterocycles. The molecule has 1 nitrogen and oxygen atoms in total. The summed E-state index contributed by atoms with van der Waals surface area (Å²) < 4.78 is 0. The van der Waals surface area contributed by atoms with E-state index in [9.17, 15) is 4.79 Å². The first kappa shape index (κ1) is 13.5. The molecule has 0 radical (unpaired) electrons. The summed E-state index contributed by atoms with van der Waals surface area (Å²) in [7, 11) is 0. The van der Waals surface area contributed by atoms with Gasteiger partial charge >= 0.3 is 0 Å². The third-order valence-corrected chi connectivity index (χ3v) is 5.29. The number of hydrogen-bond donors (Lipinski definition) is 0. The average molecular weight is 288 g/mol. The highest BCUT2D eigenvalue weighted by Crippen LogP contribution is 2.50. The highest BCUT2D eigenvalue weighted by Gasteiger charge is 2.44.